The first-order valence-electron chi connectivity index (χ1n) is 6.36. The van der Waals surface area contributed by atoms with E-state index in [4.69, 9.17) is 9.47 Å². The molecule has 0 heterocycles. The first-order valence-corrected chi connectivity index (χ1v) is 7.75. The van der Waals surface area contributed by atoms with Crippen molar-refractivity contribution in [1.29, 1.82) is 0 Å². The molecule has 0 bridgehead atoms. The fraction of sp³-hybridized carbons (Fsp3) is 0.917. The van der Waals surface area contributed by atoms with Crippen LogP contribution in [0.4, 0.5) is 0 Å². The van der Waals surface area contributed by atoms with Gasteiger partial charge in [0.2, 0.25) is 0 Å². The molecule has 92 valence electrons. The van der Waals surface area contributed by atoms with Gasteiger partial charge < -0.3 is 0 Å². The van der Waals surface area contributed by atoms with Crippen LogP contribution < -0.4 is 0 Å². The van der Waals surface area contributed by atoms with Gasteiger partial charge in [0.15, 0.2) is 0 Å². The van der Waals surface area contributed by atoms with Crippen molar-refractivity contribution in [2.75, 3.05) is 13.2 Å². The van der Waals surface area contributed by atoms with Crippen LogP contribution >= 0.6 is 0 Å². The average molecular weight is 243 g/mol. The second kappa shape index (κ2) is 11.6. The van der Waals surface area contributed by atoms with Crippen molar-refractivity contribution < 1.29 is 14.3 Å². The molecule has 0 unspecified atom stereocenters. The third-order valence-corrected chi connectivity index (χ3v) is 3.25. The molecule has 0 aromatic carbocycles. The fourth-order valence-corrected chi connectivity index (χ4v) is 1.97. The number of carbonyl (C=O) groups excluding carboxylic acids is 1. The van der Waals surface area contributed by atoms with Crippen molar-refractivity contribution in [3.63, 3.8) is 0 Å². The van der Waals surface area contributed by atoms with E-state index in [1.807, 2.05) is 6.92 Å². The predicted molar refractivity (Wildman–Crippen MR) is 66.8 cm³/mol. The van der Waals surface area contributed by atoms with Crippen molar-refractivity contribution in [2.45, 2.75) is 58.0 Å². The second-order valence-electron chi connectivity index (χ2n) is 3.80. The summed E-state index contributed by atoms with van der Waals surface area (Å²) < 4.78 is 11.1. The fourth-order valence-electron chi connectivity index (χ4n) is 1.18. The Hall–Kier alpha value is 0.122. The van der Waals surface area contributed by atoms with Gasteiger partial charge in [-0.2, -0.15) is 0 Å². The van der Waals surface area contributed by atoms with Crippen LogP contribution in [-0.4, -0.2) is 39.4 Å². The Morgan fingerprint density at radius 3 is 1.94 bits per heavy atom. The van der Waals surface area contributed by atoms with Crippen molar-refractivity contribution in [3.05, 3.63) is 0 Å². The molecule has 3 nitrogen and oxygen atoms in total. The molecule has 0 aliphatic heterocycles. The van der Waals surface area contributed by atoms with E-state index in [9.17, 15) is 4.79 Å². The molecule has 0 aliphatic carbocycles. The molecule has 0 atom stereocenters. The van der Waals surface area contributed by atoms with Gasteiger partial charge in [-0.3, -0.25) is 0 Å². The van der Waals surface area contributed by atoms with E-state index in [2.05, 4.69) is 13.8 Å². The number of unbranched alkanes of at least 4 members (excludes halogenated alkanes) is 2. The molecule has 0 aromatic heterocycles. The molecule has 0 radical (unpaired) electrons. The Balaban J connectivity index is 3.89. The zero-order valence-electron chi connectivity index (χ0n) is 10.8. The summed E-state index contributed by atoms with van der Waals surface area (Å²) in [7, 11) is 0. The van der Waals surface area contributed by atoms with Gasteiger partial charge in [-0.05, 0) is 0 Å². The Morgan fingerprint density at radius 2 is 1.56 bits per heavy atom. The summed E-state index contributed by atoms with van der Waals surface area (Å²) in [5.41, 5.74) is 0. The van der Waals surface area contributed by atoms with E-state index in [1.165, 1.54) is 0 Å². The predicted octanol–water partition coefficient (Wildman–Crippen LogP) is 2.61. The van der Waals surface area contributed by atoms with Crippen LogP contribution in [0.2, 0.25) is 5.28 Å². The number of hydrogen-bond donors (Lipinski definition) is 0. The summed E-state index contributed by atoms with van der Waals surface area (Å²) in [4.78, 5) is 11.7. The van der Waals surface area contributed by atoms with Crippen LogP contribution in [0.1, 0.15) is 46.5 Å². The molecule has 0 aliphatic rings. The van der Waals surface area contributed by atoms with Gasteiger partial charge >= 0.3 is 105 Å². The zero-order valence-corrected chi connectivity index (χ0v) is 12.0. The second-order valence-corrected chi connectivity index (χ2v) is 5.59. The topological polar surface area (TPSA) is 35.5 Å². The average Bonchev–Trinajstić information content (AvgIpc) is 2.28. The molecule has 16 heavy (non-hydrogen) atoms. The minimum absolute atomic E-state index is 0.162. The molecular formula is C12H24AlO3+. The van der Waals surface area contributed by atoms with Gasteiger partial charge in [0.25, 0.3) is 0 Å². The quantitative estimate of drug-likeness (QED) is 0.318. The molecule has 4 heteroatoms. The molecule has 0 fully saturated rings. The third-order valence-electron chi connectivity index (χ3n) is 2.17. The van der Waals surface area contributed by atoms with E-state index in [0.717, 1.165) is 31.0 Å². The van der Waals surface area contributed by atoms with E-state index >= 15 is 0 Å². The van der Waals surface area contributed by atoms with Gasteiger partial charge in [0.05, 0.1) is 0 Å². The van der Waals surface area contributed by atoms with Crippen LogP contribution in [0.5, 0.6) is 0 Å². The maximum atomic E-state index is 11.7. The summed E-state index contributed by atoms with van der Waals surface area (Å²) in [6, 6.07) is 0. The van der Waals surface area contributed by atoms with Gasteiger partial charge in [-0.25, -0.2) is 0 Å². The Bertz CT molecular complexity index is 164. The van der Waals surface area contributed by atoms with Crippen LogP contribution in [-0.2, 0) is 14.3 Å². The SMILES string of the molecule is CCCCOC(OCCCC)[C](=O)[Al+][CH2]C. The molecule has 0 spiro atoms. The summed E-state index contributed by atoms with van der Waals surface area (Å²) in [5.74, 6) is 0. The molecule has 0 N–H and O–H groups in total. The molecular weight excluding hydrogens is 219 g/mol. The summed E-state index contributed by atoms with van der Waals surface area (Å²) >= 11 is -0.177. The van der Waals surface area contributed by atoms with Crippen molar-refractivity contribution in [3.8, 4) is 0 Å². The van der Waals surface area contributed by atoms with Crippen molar-refractivity contribution in [2.24, 2.45) is 0 Å². The standard InChI is InChI=1S/C10H19O3.C2H5.Al/c1-3-5-7-12-10(9-11)13-8-6-4-2;1-2;/h10H,3-8H2,1-2H3;1H2,2H3;/q;;+1. The Labute approximate surface area is 106 Å². The zero-order chi connectivity index (χ0) is 12.2. The summed E-state index contributed by atoms with van der Waals surface area (Å²) in [6.45, 7) is 7.50. The van der Waals surface area contributed by atoms with Gasteiger partial charge in [0, 0.05) is 0 Å². The molecule has 0 rings (SSSR count). The number of carbonyl (C=O) groups is 1. The van der Waals surface area contributed by atoms with Gasteiger partial charge in [0.1, 0.15) is 0 Å². The molecule has 0 aromatic rings. The minimum atomic E-state index is -0.590. The van der Waals surface area contributed by atoms with E-state index in [0.29, 0.717) is 13.2 Å². The number of ether oxygens (including phenoxy) is 2. The first kappa shape index (κ1) is 16.1. The summed E-state index contributed by atoms with van der Waals surface area (Å²) in [5, 5.41) is 0.934. The molecule has 0 amide bonds. The van der Waals surface area contributed by atoms with E-state index in [1.54, 1.807) is 0 Å². The van der Waals surface area contributed by atoms with E-state index in [-0.39, 0.29) is 19.9 Å². The summed E-state index contributed by atoms with van der Waals surface area (Å²) in [6.07, 6.45) is 3.55. The third kappa shape index (κ3) is 8.29. The monoisotopic (exact) mass is 243 g/mol. The van der Waals surface area contributed by atoms with Crippen molar-refractivity contribution >= 4 is 19.9 Å². The maximum absolute atomic E-state index is 11.7. The number of rotatable bonds is 11. The first-order chi connectivity index (χ1) is 7.76. The molecule has 0 saturated heterocycles. The van der Waals surface area contributed by atoms with Crippen molar-refractivity contribution in [1.82, 2.24) is 0 Å². The van der Waals surface area contributed by atoms with E-state index < -0.39 is 6.29 Å². The van der Waals surface area contributed by atoms with Crippen LogP contribution in [0.25, 0.3) is 0 Å². The Kier molecular flexibility index (Phi) is 11.7. The van der Waals surface area contributed by atoms with Gasteiger partial charge in [-0.1, -0.05) is 0 Å². The Morgan fingerprint density at radius 1 is 1.06 bits per heavy atom. The molecule has 0 saturated carbocycles. The van der Waals surface area contributed by atoms with Crippen LogP contribution in [0.3, 0.4) is 0 Å². The van der Waals surface area contributed by atoms with Crippen LogP contribution in [0, 0.1) is 0 Å². The van der Waals surface area contributed by atoms with Crippen LogP contribution in [0.15, 0.2) is 0 Å². The normalized spacial score (nSPS) is 10.5. The van der Waals surface area contributed by atoms with Gasteiger partial charge in [-0.15, -0.1) is 0 Å². The number of hydrogen-bond acceptors (Lipinski definition) is 3.